The number of nitrogens with zero attached hydrogens (tertiary/aromatic N) is 1. The second-order valence-corrected chi connectivity index (χ2v) is 4.27. The van der Waals surface area contributed by atoms with Crippen molar-refractivity contribution in [1.29, 1.82) is 0 Å². The van der Waals surface area contributed by atoms with E-state index in [-0.39, 0.29) is 0 Å². The Morgan fingerprint density at radius 1 is 1.47 bits per heavy atom. The van der Waals surface area contributed by atoms with Crippen molar-refractivity contribution in [3.63, 3.8) is 0 Å². The number of imidazole rings is 1. The Morgan fingerprint density at radius 3 is 3.00 bits per heavy atom. The molecular formula is C11H12BrN3. The molecule has 0 bridgehead atoms. The van der Waals surface area contributed by atoms with Crippen molar-refractivity contribution >= 4 is 21.6 Å². The molecule has 0 amide bonds. The van der Waals surface area contributed by atoms with Crippen LogP contribution >= 0.6 is 15.9 Å². The number of hydrogen-bond acceptors (Lipinski definition) is 2. The second-order valence-electron chi connectivity index (χ2n) is 3.36. The van der Waals surface area contributed by atoms with Crippen LogP contribution in [-0.2, 0) is 6.54 Å². The van der Waals surface area contributed by atoms with Crippen LogP contribution in [0.25, 0.3) is 0 Å². The van der Waals surface area contributed by atoms with Gasteiger partial charge in [0.15, 0.2) is 0 Å². The highest BCUT2D eigenvalue weighted by molar-refractivity contribution is 9.10. The summed E-state index contributed by atoms with van der Waals surface area (Å²) >= 11 is 3.43. The monoisotopic (exact) mass is 265 g/mol. The lowest BCUT2D eigenvalue weighted by atomic mass is 10.3. The molecule has 4 heteroatoms. The van der Waals surface area contributed by atoms with Crippen LogP contribution in [0.15, 0.2) is 34.9 Å². The predicted octanol–water partition coefficient (Wildman–Crippen LogP) is 3.09. The fraction of sp³-hybridized carbons (Fsp3) is 0.182. The molecule has 15 heavy (non-hydrogen) atoms. The molecule has 0 radical (unpaired) electrons. The van der Waals surface area contributed by atoms with Gasteiger partial charge in [-0.15, -0.1) is 0 Å². The number of anilines is 1. The number of halogens is 1. The standard InChI is InChI=1S/C11H12BrN3/c1-8-13-6-11(15-8)7-14-10-4-2-3-9(12)5-10/h2-6,14H,7H2,1H3,(H,13,15). The van der Waals surface area contributed by atoms with E-state index in [0.29, 0.717) is 0 Å². The molecule has 0 saturated heterocycles. The van der Waals surface area contributed by atoms with Crippen LogP contribution in [0, 0.1) is 6.92 Å². The Labute approximate surface area is 97.1 Å². The van der Waals surface area contributed by atoms with Gasteiger partial charge in [-0.1, -0.05) is 22.0 Å². The molecule has 0 saturated carbocycles. The number of benzene rings is 1. The van der Waals surface area contributed by atoms with Gasteiger partial charge in [0, 0.05) is 10.2 Å². The van der Waals surface area contributed by atoms with E-state index in [2.05, 4.69) is 31.2 Å². The Balaban J connectivity index is 1.99. The Morgan fingerprint density at radius 2 is 2.33 bits per heavy atom. The molecule has 0 fully saturated rings. The minimum Gasteiger partial charge on any atom is -0.379 e. The van der Waals surface area contributed by atoms with Crippen LogP contribution in [0.2, 0.25) is 0 Å². The van der Waals surface area contributed by atoms with Gasteiger partial charge in [0.2, 0.25) is 0 Å². The number of rotatable bonds is 3. The fourth-order valence-corrected chi connectivity index (χ4v) is 1.76. The van der Waals surface area contributed by atoms with E-state index < -0.39 is 0 Å². The lowest BCUT2D eigenvalue weighted by molar-refractivity contribution is 1.05. The molecule has 0 aliphatic rings. The highest BCUT2D eigenvalue weighted by atomic mass is 79.9. The Bertz CT molecular complexity index is 451. The van der Waals surface area contributed by atoms with Gasteiger partial charge in [0.1, 0.15) is 5.82 Å². The van der Waals surface area contributed by atoms with Crippen LogP contribution in [-0.4, -0.2) is 9.97 Å². The highest BCUT2D eigenvalue weighted by Gasteiger charge is 1.97. The third-order valence-electron chi connectivity index (χ3n) is 2.06. The van der Waals surface area contributed by atoms with Crippen LogP contribution in [0.4, 0.5) is 5.69 Å². The third-order valence-corrected chi connectivity index (χ3v) is 2.56. The summed E-state index contributed by atoms with van der Waals surface area (Å²) in [6.45, 7) is 2.71. The van der Waals surface area contributed by atoms with Gasteiger partial charge < -0.3 is 10.3 Å². The lowest BCUT2D eigenvalue weighted by Crippen LogP contribution is -1.99. The van der Waals surface area contributed by atoms with Crippen molar-refractivity contribution in [1.82, 2.24) is 9.97 Å². The van der Waals surface area contributed by atoms with E-state index >= 15 is 0 Å². The van der Waals surface area contributed by atoms with Gasteiger partial charge in [-0.2, -0.15) is 0 Å². The minimum atomic E-state index is 0.761. The molecule has 2 aromatic rings. The van der Waals surface area contributed by atoms with Gasteiger partial charge in [-0.3, -0.25) is 0 Å². The molecule has 0 aliphatic heterocycles. The van der Waals surface area contributed by atoms with Crippen LogP contribution in [0.3, 0.4) is 0 Å². The maximum absolute atomic E-state index is 4.14. The number of aromatic amines is 1. The van der Waals surface area contributed by atoms with Gasteiger partial charge in [0.25, 0.3) is 0 Å². The topological polar surface area (TPSA) is 40.7 Å². The largest absolute Gasteiger partial charge is 0.379 e. The van der Waals surface area contributed by atoms with Gasteiger partial charge >= 0.3 is 0 Å². The first kappa shape index (κ1) is 10.2. The summed E-state index contributed by atoms with van der Waals surface area (Å²) in [5.41, 5.74) is 2.18. The number of aryl methyl sites for hydroxylation is 1. The molecule has 1 aromatic heterocycles. The first-order chi connectivity index (χ1) is 7.24. The summed E-state index contributed by atoms with van der Waals surface area (Å²) in [6.07, 6.45) is 1.85. The quantitative estimate of drug-likeness (QED) is 0.896. The summed E-state index contributed by atoms with van der Waals surface area (Å²) in [4.78, 5) is 7.32. The Kier molecular flexibility index (Phi) is 3.06. The summed E-state index contributed by atoms with van der Waals surface area (Å²) in [6, 6.07) is 8.09. The molecule has 0 atom stereocenters. The Hall–Kier alpha value is -1.29. The number of aromatic nitrogens is 2. The average Bonchev–Trinajstić information content (AvgIpc) is 2.62. The molecule has 78 valence electrons. The predicted molar refractivity (Wildman–Crippen MR) is 64.8 cm³/mol. The maximum atomic E-state index is 4.14. The summed E-state index contributed by atoms with van der Waals surface area (Å²) in [7, 11) is 0. The SMILES string of the molecule is Cc1ncc(CNc2cccc(Br)c2)[nH]1. The second kappa shape index (κ2) is 4.49. The molecule has 0 aliphatic carbocycles. The summed E-state index contributed by atoms with van der Waals surface area (Å²) < 4.78 is 1.08. The summed E-state index contributed by atoms with van der Waals surface area (Å²) in [5, 5.41) is 3.31. The zero-order chi connectivity index (χ0) is 10.7. The van der Waals surface area contributed by atoms with Crippen LogP contribution < -0.4 is 5.32 Å². The van der Waals surface area contributed by atoms with Gasteiger partial charge in [-0.25, -0.2) is 4.98 Å². The summed E-state index contributed by atoms with van der Waals surface area (Å²) in [5.74, 6) is 0.945. The number of H-pyrrole nitrogens is 1. The molecule has 2 rings (SSSR count). The normalized spacial score (nSPS) is 10.3. The van der Waals surface area contributed by atoms with E-state index in [9.17, 15) is 0 Å². The van der Waals surface area contributed by atoms with Crippen molar-refractivity contribution in [2.24, 2.45) is 0 Å². The molecule has 1 heterocycles. The van der Waals surface area contributed by atoms with E-state index in [1.54, 1.807) is 0 Å². The molecule has 3 nitrogen and oxygen atoms in total. The first-order valence-corrected chi connectivity index (χ1v) is 5.53. The number of hydrogen-bond donors (Lipinski definition) is 2. The van der Waals surface area contributed by atoms with E-state index in [1.807, 2.05) is 37.4 Å². The number of nitrogens with one attached hydrogen (secondary N) is 2. The molecule has 2 N–H and O–H groups in total. The van der Waals surface area contributed by atoms with Crippen molar-refractivity contribution in [2.75, 3.05) is 5.32 Å². The van der Waals surface area contributed by atoms with Gasteiger partial charge in [0.05, 0.1) is 18.4 Å². The maximum Gasteiger partial charge on any atom is 0.103 e. The zero-order valence-electron chi connectivity index (χ0n) is 8.42. The van der Waals surface area contributed by atoms with Crippen molar-refractivity contribution in [3.05, 3.63) is 46.5 Å². The molecule has 0 spiro atoms. The van der Waals surface area contributed by atoms with Crippen LogP contribution in [0.1, 0.15) is 11.5 Å². The minimum absolute atomic E-state index is 0.761. The van der Waals surface area contributed by atoms with E-state index in [1.165, 1.54) is 0 Å². The fourth-order valence-electron chi connectivity index (χ4n) is 1.36. The van der Waals surface area contributed by atoms with Gasteiger partial charge in [-0.05, 0) is 25.1 Å². The lowest BCUT2D eigenvalue weighted by Gasteiger charge is -2.04. The smallest absolute Gasteiger partial charge is 0.103 e. The molecule has 1 aromatic carbocycles. The molecule has 0 unspecified atom stereocenters. The van der Waals surface area contributed by atoms with Crippen molar-refractivity contribution in [3.8, 4) is 0 Å². The average molecular weight is 266 g/mol. The molecular weight excluding hydrogens is 254 g/mol. The van der Waals surface area contributed by atoms with Crippen molar-refractivity contribution in [2.45, 2.75) is 13.5 Å². The van der Waals surface area contributed by atoms with Crippen LogP contribution in [0.5, 0.6) is 0 Å². The first-order valence-electron chi connectivity index (χ1n) is 4.74. The zero-order valence-corrected chi connectivity index (χ0v) is 10.0. The van der Waals surface area contributed by atoms with E-state index in [4.69, 9.17) is 0 Å². The van der Waals surface area contributed by atoms with E-state index in [0.717, 1.165) is 28.2 Å². The van der Waals surface area contributed by atoms with Crippen molar-refractivity contribution < 1.29 is 0 Å². The highest BCUT2D eigenvalue weighted by Crippen LogP contribution is 2.16. The third kappa shape index (κ3) is 2.83.